The summed E-state index contributed by atoms with van der Waals surface area (Å²) in [5.41, 5.74) is 0. The van der Waals surface area contributed by atoms with Gasteiger partial charge in [-0.1, -0.05) is 25.7 Å². The summed E-state index contributed by atoms with van der Waals surface area (Å²) in [6.45, 7) is 0. The number of carbonyl (C=O) groups excluding carboxylic acids is 1. The van der Waals surface area contributed by atoms with Crippen molar-refractivity contribution in [2.45, 2.75) is 51.4 Å². The molecule has 80 valence electrons. The van der Waals surface area contributed by atoms with Crippen molar-refractivity contribution in [2.75, 3.05) is 7.11 Å². The second kappa shape index (κ2) is 10.1. The molecule has 0 saturated heterocycles. The number of hydrogen-bond donors (Lipinski definition) is 0. The highest BCUT2D eigenvalue weighted by molar-refractivity contribution is 5.68. The third kappa shape index (κ3) is 9.12. The number of terminal acetylenes is 1. The number of carbonyl (C=O) groups is 1. The van der Waals surface area contributed by atoms with Crippen LogP contribution in [0.25, 0.3) is 0 Å². The van der Waals surface area contributed by atoms with Gasteiger partial charge in [0.2, 0.25) is 0 Å². The molecule has 0 radical (unpaired) electrons. The predicted octanol–water partition coefficient (Wildman–Crippen LogP) is 2.91. The fraction of sp³-hybridized carbons (Fsp3) is 0.750. The summed E-state index contributed by atoms with van der Waals surface area (Å²) in [5.74, 6) is 2.53. The van der Waals surface area contributed by atoms with E-state index in [4.69, 9.17) is 6.42 Å². The van der Waals surface area contributed by atoms with E-state index in [0.717, 1.165) is 25.7 Å². The van der Waals surface area contributed by atoms with Gasteiger partial charge in [0.05, 0.1) is 7.11 Å². The van der Waals surface area contributed by atoms with Gasteiger partial charge in [0.15, 0.2) is 0 Å². The first-order valence-electron chi connectivity index (χ1n) is 5.31. The van der Waals surface area contributed by atoms with E-state index in [9.17, 15) is 4.79 Å². The molecule has 0 N–H and O–H groups in total. The minimum atomic E-state index is -0.0997. The van der Waals surface area contributed by atoms with E-state index in [-0.39, 0.29) is 5.97 Å². The fourth-order valence-corrected chi connectivity index (χ4v) is 1.31. The van der Waals surface area contributed by atoms with Crippen molar-refractivity contribution in [3.05, 3.63) is 0 Å². The molecule has 14 heavy (non-hydrogen) atoms. The van der Waals surface area contributed by atoms with Crippen LogP contribution in [0, 0.1) is 12.3 Å². The summed E-state index contributed by atoms with van der Waals surface area (Å²) in [6, 6.07) is 0. The minimum absolute atomic E-state index is 0.0997. The average molecular weight is 196 g/mol. The predicted molar refractivity (Wildman–Crippen MR) is 57.8 cm³/mol. The fourth-order valence-electron chi connectivity index (χ4n) is 1.31. The van der Waals surface area contributed by atoms with Crippen LogP contribution in [0.1, 0.15) is 51.4 Å². The molecule has 0 atom stereocenters. The summed E-state index contributed by atoms with van der Waals surface area (Å²) >= 11 is 0. The van der Waals surface area contributed by atoms with Gasteiger partial charge in [-0.3, -0.25) is 4.79 Å². The van der Waals surface area contributed by atoms with Crippen LogP contribution in [0.15, 0.2) is 0 Å². The van der Waals surface area contributed by atoms with Gasteiger partial charge in [0, 0.05) is 12.8 Å². The van der Waals surface area contributed by atoms with Crippen LogP contribution in [-0.2, 0) is 9.53 Å². The van der Waals surface area contributed by atoms with Gasteiger partial charge in [0.25, 0.3) is 0 Å². The highest BCUT2D eigenvalue weighted by Gasteiger charge is 1.98. The number of esters is 1. The number of ether oxygens (including phenoxy) is 1. The maximum Gasteiger partial charge on any atom is 0.305 e. The second-order valence-electron chi connectivity index (χ2n) is 3.40. The topological polar surface area (TPSA) is 26.3 Å². The van der Waals surface area contributed by atoms with Crippen LogP contribution in [0.4, 0.5) is 0 Å². The molecule has 0 spiro atoms. The molecule has 0 aliphatic carbocycles. The lowest BCUT2D eigenvalue weighted by Crippen LogP contribution is -1.99. The van der Waals surface area contributed by atoms with E-state index in [1.165, 1.54) is 26.4 Å². The highest BCUT2D eigenvalue weighted by Crippen LogP contribution is 2.08. The van der Waals surface area contributed by atoms with Gasteiger partial charge in [-0.2, -0.15) is 0 Å². The van der Waals surface area contributed by atoms with Crippen LogP contribution < -0.4 is 0 Å². The molecule has 0 aromatic carbocycles. The number of unbranched alkanes of at least 4 members (excludes halogenated alkanes) is 6. The van der Waals surface area contributed by atoms with Gasteiger partial charge < -0.3 is 4.74 Å². The molecular formula is C12H20O2. The monoisotopic (exact) mass is 196 g/mol. The Hall–Kier alpha value is -0.970. The van der Waals surface area contributed by atoms with Crippen molar-refractivity contribution in [1.29, 1.82) is 0 Å². The molecule has 0 fully saturated rings. The van der Waals surface area contributed by atoms with E-state index in [1.807, 2.05) is 0 Å². The van der Waals surface area contributed by atoms with Gasteiger partial charge >= 0.3 is 5.97 Å². The quantitative estimate of drug-likeness (QED) is 0.339. The first kappa shape index (κ1) is 13.0. The molecule has 0 aliphatic heterocycles. The zero-order valence-corrected chi connectivity index (χ0v) is 9.05. The first-order chi connectivity index (χ1) is 6.81. The smallest absolute Gasteiger partial charge is 0.305 e. The second-order valence-corrected chi connectivity index (χ2v) is 3.40. The zero-order valence-electron chi connectivity index (χ0n) is 9.05. The van der Waals surface area contributed by atoms with E-state index in [1.54, 1.807) is 0 Å². The Morgan fingerprint density at radius 3 is 2.29 bits per heavy atom. The summed E-state index contributed by atoms with van der Waals surface area (Å²) in [4.78, 5) is 10.7. The summed E-state index contributed by atoms with van der Waals surface area (Å²) < 4.78 is 4.55. The first-order valence-corrected chi connectivity index (χ1v) is 5.31. The maximum absolute atomic E-state index is 10.7. The van der Waals surface area contributed by atoms with E-state index in [2.05, 4.69) is 10.7 Å². The molecule has 0 aliphatic rings. The molecule has 0 unspecified atom stereocenters. The SMILES string of the molecule is C#CCCCCCCCCC(=O)OC. The largest absolute Gasteiger partial charge is 0.469 e. The van der Waals surface area contributed by atoms with Crippen molar-refractivity contribution >= 4 is 5.97 Å². The molecule has 2 nitrogen and oxygen atoms in total. The Labute approximate surface area is 87.0 Å². The van der Waals surface area contributed by atoms with E-state index >= 15 is 0 Å². The van der Waals surface area contributed by atoms with Crippen LogP contribution in [0.2, 0.25) is 0 Å². The van der Waals surface area contributed by atoms with Crippen LogP contribution in [0.3, 0.4) is 0 Å². The van der Waals surface area contributed by atoms with E-state index in [0.29, 0.717) is 6.42 Å². The van der Waals surface area contributed by atoms with E-state index < -0.39 is 0 Å². The molecule has 0 heterocycles. The minimum Gasteiger partial charge on any atom is -0.469 e. The molecule has 0 amide bonds. The van der Waals surface area contributed by atoms with Crippen molar-refractivity contribution in [1.82, 2.24) is 0 Å². The molecule has 0 aromatic heterocycles. The van der Waals surface area contributed by atoms with Crippen LogP contribution in [0.5, 0.6) is 0 Å². The third-order valence-electron chi connectivity index (χ3n) is 2.18. The number of rotatable bonds is 8. The molecule has 0 rings (SSSR count). The normalized spacial score (nSPS) is 9.43. The Kier molecular flexibility index (Phi) is 9.41. The average Bonchev–Trinajstić information content (AvgIpc) is 2.21. The standard InChI is InChI=1S/C12H20O2/c1-3-4-5-6-7-8-9-10-11-12(13)14-2/h1H,4-11H2,2H3. The van der Waals surface area contributed by atoms with Crippen LogP contribution in [-0.4, -0.2) is 13.1 Å². The summed E-state index contributed by atoms with van der Waals surface area (Å²) in [6.07, 6.45) is 13.4. The Bertz CT molecular complexity index is 179. The molecule has 2 heteroatoms. The highest BCUT2D eigenvalue weighted by atomic mass is 16.5. The molecule has 0 aromatic rings. The van der Waals surface area contributed by atoms with Gasteiger partial charge in [-0.05, 0) is 12.8 Å². The van der Waals surface area contributed by atoms with Crippen molar-refractivity contribution in [3.63, 3.8) is 0 Å². The maximum atomic E-state index is 10.7. The van der Waals surface area contributed by atoms with Gasteiger partial charge in [-0.15, -0.1) is 12.3 Å². The summed E-state index contributed by atoms with van der Waals surface area (Å²) in [5, 5.41) is 0. The number of methoxy groups -OCH3 is 1. The van der Waals surface area contributed by atoms with Gasteiger partial charge in [-0.25, -0.2) is 0 Å². The summed E-state index contributed by atoms with van der Waals surface area (Å²) in [7, 11) is 1.43. The zero-order chi connectivity index (χ0) is 10.6. The third-order valence-corrected chi connectivity index (χ3v) is 2.18. The number of hydrogen-bond acceptors (Lipinski definition) is 2. The van der Waals surface area contributed by atoms with Crippen molar-refractivity contribution in [3.8, 4) is 12.3 Å². The lowest BCUT2D eigenvalue weighted by molar-refractivity contribution is -0.140. The molecular weight excluding hydrogens is 176 g/mol. The van der Waals surface area contributed by atoms with Crippen LogP contribution >= 0.6 is 0 Å². The lowest BCUT2D eigenvalue weighted by atomic mass is 10.1. The lowest BCUT2D eigenvalue weighted by Gasteiger charge is -2.00. The Balaban J connectivity index is 3.00. The van der Waals surface area contributed by atoms with Crippen molar-refractivity contribution < 1.29 is 9.53 Å². The molecule has 0 saturated carbocycles. The van der Waals surface area contributed by atoms with Gasteiger partial charge in [0.1, 0.15) is 0 Å². The van der Waals surface area contributed by atoms with Crippen molar-refractivity contribution in [2.24, 2.45) is 0 Å². The molecule has 0 bridgehead atoms. The Morgan fingerprint density at radius 1 is 1.14 bits per heavy atom. The Morgan fingerprint density at radius 2 is 1.71 bits per heavy atom.